The van der Waals surface area contributed by atoms with Gasteiger partial charge in [0.1, 0.15) is 5.82 Å². The number of anilines is 1. The van der Waals surface area contributed by atoms with Crippen molar-refractivity contribution in [1.82, 2.24) is 0 Å². The monoisotopic (exact) mass is 281 g/mol. The summed E-state index contributed by atoms with van der Waals surface area (Å²) in [4.78, 5) is 13.3. The SMILES string of the molecule is CC(=O)c1ccc(N2CCSC(C)(C)CC2)c(F)c1. The standard InChI is InChI=1S/C15H20FNOS/c1-11(18)12-4-5-14(13(16)10-12)17-7-6-15(2,3)19-9-8-17/h4-5,10H,6-9H2,1-3H3. The van der Waals surface area contributed by atoms with Gasteiger partial charge in [0.25, 0.3) is 0 Å². The molecule has 0 N–H and O–H groups in total. The molecule has 104 valence electrons. The van der Waals surface area contributed by atoms with Crippen LogP contribution in [0, 0.1) is 5.82 Å². The Hall–Kier alpha value is -1.03. The van der Waals surface area contributed by atoms with E-state index in [0.717, 1.165) is 25.3 Å². The third-order valence-corrected chi connectivity index (χ3v) is 4.90. The van der Waals surface area contributed by atoms with Gasteiger partial charge in [-0.25, -0.2) is 4.39 Å². The summed E-state index contributed by atoms with van der Waals surface area (Å²) in [5.74, 6) is 0.608. The highest BCUT2D eigenvalue weighted by Crippen LogP contribution is 2.33. The number of carbonyl (C=O) groups is 1. The third kappa shape index (κ3) is 3.50. The Bertz CT molecular complexity index is 487. The molecule has 19 heavy (non-hydrogen) atoms. The Morgan fingerprint density at radius 2 is 2.11 bits per heavy atom. The second-order valence-electron chi connectivity index (χ2n) is 5.57. The van der Waals surface area contributed by atoms with E-state index in [1.807, 2.05) is 11.8 Å². The van der Waals surface area contributed by atoms with E-state index in [1.54, 1.807) is 12.1 Å². The Morgan fingerprint density at radius 1 is 1.37 bits per heavy atom. The van der Waals surface area contributed by atoms with Crippen LogP contribution in [0.25, 0.3) is 0 Å². The molecule has 1 aromatic rings. The van der Waals surface area contributed by atoms with E-state index in [9.17, 15) is 9.18 Å². The summed E-state index contributed by atoms with van der Waals surface area (Å²) in [7, 11) is 0. The molecule has 1 aromatic carbocycles. The molecule has 0 atom stereocenters. The molecule has 2 nitrogen and oxygen atoms in total. The summed E-state index contributed by atoms with van der Waals surface area (Å²) in [5.41, 5.74) is 1.05. The molecule has 0 aromatic heterocycles. The highest BCUT2D eigenvalue weighted by molar-refractivity contribution is 8.00. The van der Waals surface area contributed by atoms with Crippen molar-refractivity contribution in [3.63, 3.8) is 0 Å². The van der Waals surface area contributed by atoms with Crippen molar-refractivity contribution in [3.05, 3.63) is 29.6 Å². The van der Waals surface area contributed by atoms with Gasteiger partial charge in [0.05, 0.1) is 5.69 Å². The average molecular weight is 281 g/mol. The van der Waals surface area contributed by atoms with Crippen molar-refractivity contribution in [2.45, 2.75) is 31.9 Å². The third-order valence-electron chi connectivity index (χ3n) is 3.53. The summed E-state index contributed by atoms with van der Waals surface area (Å²) in [6.45, 7) is 7.63. The van der Waals surface area contributed by atoms with Crippen molar-refractivity contribution >= 4 is 23.2 Å². The number of nitrogens with zero attached hydrogens (tertiary/aromatic N) is 1. The number of rotatable bonds is 2. The lowest BCUT2D eigenvalue weighted by Crippen LogP contribution is -2.27. The molecule has 4 heteroatoms. The maximum atomic E-state index is 14.1. The van der Waals surface area contributed by atoms with Gasteiger partial charge in [-0.05, 0) is 31.5 Å². The first kappa shape index (κ1) is 14.4. The summed E-state index contributed by atoms with van der Waals surface area (Å²) < 4.78 is 14.4. The lowest BCUT2D eigenvalue weighted by atomic mass is 10.1. The van der Waals surface area contributed by atoms with Crippen LogP contribution in [-0.4, -0.2) is 29.4 Å². The van der Waals surface area contributed by atoms with Gasteiger partial charge in [-0.2, -0.15) is 11.8 Å². The van der Waals surface area contributed by atoms with E-state index in [0.29, 0.717) is 11.3 Å². The lowest BCUT2D eigenvalue weighted by molar-refractivity contribution is 0.101. The average Bonchev–Trinajstić information content (AvgIpc) is 2.50. The minimum Gasteiger partial charge on any atom is -0.368 e. The quantitative estimate of drug-likeness (QED) is 0.770. The minimum absolute atomic E-state index is 0.0991. The maximum absolute atomic E-state index is 14.1. The number of hydrogen-bond acceptors (Lipinski definition) is 3. The maximum Gasteiger partial charge on any atom is 0.159 e. The van der Waals surface area contributed by atoms with E-state index in [4.69, 9.17) is 0 Å². The van der Waals surface area contributed by atoms with Crippen molar-refractivity contribution in [2.24, 2.45) is 0 Å². The van der Waals surface area contributed by atoms with Gasteiger partial charge in [0, 0.05) is 29.2 Å². The fourth-order valence-electron chi connectivity index (χ4n) is 2.24. The molecule has 0 spiro atoms. The molecule has 1 saturated heterocycles. The first-order valence-electron chi connectivity index (χ1n) is 6.58. The largest absolute Gasteiger partial charge is 0.368 e. The topological polar surface area (TPSA) is 20.3 Å². The summed E-state index contributed by atoms with van der Waals surface area (Å²) in [5, 5.41) is 0. The zero-order chi connectivity index (χ0) is 14.0. The number of halogens is 1. The number of benzene rings is 1. The van der Waals surface area contributed by atoms with Crippen LogP contribution < -0.4 is 4.90 Å². The first-order valence-corrected chi connectivity index (χ1v) is 7.57. The van der Waals surface area contributed by atoms with E-state index >= 15 is 0 Å². The van der Waals surface area contributed by atoms with Crippen LogP contribution in [0.2, 0.25) is 0 Å². The molecule has 1 fully saturated rings. The molecular weight excluding hydrogens is 261 g/mol. The molecule has 0 amide bonds. The van der Waals surface area contributed by atoms with E-state index < -0.39 is 0 Å². The van der Waals surface area contributed by atoms with Crippen molar-refractivity contribution in [2.75, 3.05) is 23.7 Å². The van der Waals surface area contributed by atoms with Gasteiger partial charge in [-0.15, -0.1) is 0 Å². The van der Waals surface area contributed by atoms with Gasteiger partial charge in [-0.1, -0.05) is 13.8 Å². The summed E-state index contributed by atoms with van der Waals surface area (Å²) in [6.07, 6.45) is 1.03. The Kier molecular flexibility index (Phi) is 4.19. The summed E-state index contributed by atoms with van der Waals surface area (Å²) >= 11 is 1.94. The number of thioether (sulfide) groups is 1. The van der Waals surface area contributed by atoms with Crippen molar-refractivity contribution in [1.29, 1.82) is 0 Å². The molecule has 0 unspecified atom stereocenters. The smallest absolute Gasteiger partial charge is 0.159 e. The fourth-order valence-corrected chi connectivity index (χ4v) is 3.34. The Morgan fingerprint density at radius 3 is 2.74 bits per heavy atom. The number of hydrogen-bond donors (Lipinski definition) is 0. The molecule has 1 aliphatic rings. The molecule has 1 aliphatic heterocycles. The van der Waals surface area contributed by atoms with E-state index in [-0.39, 0.29) is 16.3 Å². The van der Waals surface area contributed by atoms with Crippen LogP contribution in [0.1, 0.15) is 37.6 Å². The highest BCUT2D eigenvalue weighted by atomic mass is 32.2. The van der Waals surface area contributed by atoms with Crippen LogP contribution in [0.15, 0.2) is 18.2 Å². The van der Waals surface area contributed by atoms with E-state index in [2.05, 4.69) is 18.7 Å². The predicted octanol–water partition coefficient (Wildman–Crippen LogP) is 3.75. The zero-order valence-corrected chi connectivity index (χ0v) is 12.5. The number of Topliss-reactive ketones (excluding diaryl/α,β-unsaturated/α-hetero) is 1. The molecule has 0 radical (unpaired) electrons. The zero-order valence-electron chi connectivity index (χ0n) is 11.7. The van der Waals surface area contributed by atoms with Crippen LogP contribution in [0.4, 0.5) is 10.1 Å². The minimum atomic E-state index is -0.294. The first-order chi connectivity index (χ1) is 8.89. The van der Waals surface area contributed by atoms with Gasteiger partial charge in [-0.3, -0.25) is 4.79 Å². The van der Waals surface area contributed by atoms with Gasteiger partial charge >= 0.3 is 0 Å². The van der Waals surface area contributed by atoms with Crippen LogP contribution in [-0.2, 0) is 0 Å². The van der Waals surface area contributed by atoms with Crippen LogP contribution in [0.3, 0.4) is 0 Å². The van der Waals surface area contributed by atoms with Crippen LogP contribution in [0.5, 0.6) is 0 Å². The second kappa shape index (κ2) is 5.53. The number of ketones is 1. The van der Waals surface area contributed by atoms with Crippen LogP contribution >= 0.6 is 11.8 Å². The Labute approximate surface area is 118 Å². The normalized spacial score (nSPS) is 19.1. The van der Waals surface area contributed by atoms with Gasteiger partial charge in [0.15, 0.2) is 5.78 Å². The fraction of sp³-hybridized carbons (Fsp3) is 0.533. The molecular formula is C15H20FNOS. The van der Waals surface area contributed by atoms with Gasteiger partial charge in [0.2, 0.25) is 0 Å². The molecule has 0 aliphatic carbocycles. The second-order valence-corrected chi connectivity index (χ2v) is 7.37. The molecule has 2 rings (SSSR count). The lowest BCUT2D eigenvalue weighted by Gasteiger charge is -2.24. The Balaban J connectivity index is 2.20. The molecule has 1 heterocycles. The molecule has 0 bridgehead atoms. The summed E-state index contributed by atoms with van der Waals surface area (Å²) in [6, 6.07) is 4.79. The van der Waals surface area contributed by atoms with Gasteiger partial charge < -0.3 is 4.90 Å². The van der Waals surface area contributed by atoms with E-state index in [1.165, 1.54) is 13.0 Å². The number of carbonyl (C=O) groups excluding carboxylic acids is 1. The van der Waals surface area contributed by atoms with Crippen molar-refractivity contribution < 1.29 is 9.18 Å². The predicted molar refractivity (Wildman–Crippen MR) is 79.8 cm³/mol. The highest BCUT2D eigenvalue weighted by Gasteiger charge is 2.24. The molecule has 0 saturated carbocycles. The van der Waals surface area contributed by atoms with Crippen molar-refractivity contribution in [3.8, 4) is 0 Å².